The van der Waals surface area contributed by atoms with Crippen molar-refractivity contribution >= 4 is 15.8 Å². The Morgan fingerprint density at radius 1 is 1.17 bits per heavy atom. The Bertz CT molecular complexity index is 895. The van der Waals surface area contributed by atoms with Crippen LogP contribution in [0.15, 0.2) is 53.4 Å². The number of benzene rings is 2. The van der Waals surface area contributed by atoms with Crippen LogP contribution in [0.2, 0.25) is 0 Å². The van der Waals surface area contributed by atoms with E-state index in [1.165, 1.54) is 37.3 Å². The quantitative estimate of drug-likeness (QED) is 0.691. The molecule has 0 aliphatic carbocycles. The van der Waals surface area contributed by atoms with E-state index in [9.17, 15) is 17.6 Å². The second-order valence-corrected chi connectivity index (χ2v) is 6.46. The van der Waals surface area contributed by atoms with Crippen LogP contribution in [0.5, 0.6) is 0 Å². The average Bonchev–Trinajstić information content (AvgIpc) is 2.53. The number of carbonyl (C=O) groups is 1. The first kappa shape index (κ1) is 16.9. The van der Waals surface area contributed by atoms with Crippen LogP contribution < -0.4 is 4.72 Å². The molecule has 0 heterocycles. The summed E-state index contributed by atoms with van der Waals surface area (Å²) in [4.78, 5) is 11.3. The number of nitrogens with one attached hydrogen (secondary N) is 1. The van der Waals surface area contributed by atoms with Gasteiger partial charge in [0.25, 0.3) is 0 Å². The first-order valence-electron chi connectivity index (χ1n) is 6.74. The molecule has 0 fully saturated rings. The number of rotatable bonds is 4. The molecule has 118 valence electrons. The lowest BCUT2D eigenvalue weighted by Crippen LogP contribution is -2.24. The second-order valence-electron chi connectivity index (χ2n) is 4.69. The van der Waals surface area contributed by atoms with Gasteiger partial charge in [-0.2, -0.15) is 4.72 Å². The van der Waals surface area contributed by atoms with E-state index in [1.807, 2.05) is 0 Å². The van der Waals surface area contributed by atoms with E-state index in [0.29, 0.717) is 5.56 Å². The van der Waals surface area contributed by atoms with Crippen LogP contribution in [0.25, 0.3) is 0 Å². The normalized spacial score (nSPS) is 10.7. The Kier molecular flexibility index (Phi) is 5.27. The van der Waals surface area contributed by atoms with Crippen molar-refractivity contribution in [2.75, 3.05) is 6.54 Å². The monoisotopic (exact) mass is 331 g/mol. The van der Waals surface area contributed by atoms with Crippen molar-refractivity contribution in [1.29, 1.82) is 0 Å². The summed E-state index contributed by atoms with van der Waals surface area (Å²) in [6, 6.07) is 11.7. The second kappa shape index (κ2) is 7.18. The Labute approximate surface area is 134 Å². The van der Waals surface area contributed by atoms with Gasteiger partial charge < -0.3 is 0 Å². The number of hydrogen-bond donors (Lipinski definition) is 1. The standard InChI is InChI=1S/C17H14FNO3S/c1-13(20)15-7-4-9-16(12-15)23(21,22)19-11-5-8-14-6-2-3-10-17(14)18/h2-4,6-7,9-10,12,19H,11H2,1H3. The summed E-state index contributed by atoms with van der Waals surface area (Å²) in [5, 5.41) is 0. The van der Waals surface area contributed by atoms with Crippen LogP contribution in [0.4, 0.5) is 4.39 Å². The zero-order chi connectivity index (χ0) is 16.9. The van der Waals surface area contributed by atoms with Crippen molar-refractivity contribution in [3.05, 3.63) is 65.5 Å². The highest BCUT2D eigenvalue weighted by Gasteiger charge is 2.14. The van der Waals surface area contributed by atoms with Gasteiger partial charge in [-0.1, -0.05) is 36.1 Å². The van der Waals surface area contributed by atoms with Gasteiger partial charge in [0.2, 0.25) is 10.0 Å². The molecule has 23 heavy (non-hydrogen) atoms. The smallest absolute Gasteiger partial charge is 0.241 e. The molecule has 0 aromatic heterocycles. The number of hydrogen-bond acceptors (Lipinski definition) is 3. The minimum atomic E-state index is -3.78. The summed E-state index contributed by atoms with van der Waals surface area (Å²) in [5.74, 6) is 4.44. The van der Waals surface area contributed by atoms with Gasteiger partial charge in [-0.25, -0.2) is 12.8 Å². The molecule has 1 N–H and O–H groups in total. The Morgan fingerprint density at radius 2 is 1.91 bits per heavy atom. The molecule has 4 nitrogen and oxygen atoms in total. The van der Waals surface area contributed by atoms with E-state index in [-0.39, 0.29) is 22.8 Å². The summed E-state index contributed by atoms with van der Waals surface area (Å²) in [6.45, 7) is 1.19. The molecule has 0 bridgehead atoms. The lowest BCUT2D eigenvalue weighted by Gasteiger charge is -2.05. The van der Waals surface area contributed by atoms with E-state index in [1.54, 1.807) is 18.2 Å². The molecule has 0 aliphatic heterocycles. The van der Waals surface area contributed by atoms with Crippen LogP contribution >= 0.6 is 0 Å². The van der Waals surface area contributed by atoms with Crippen molar-refractivity contribution in [3.63, 3.8) is 0 Å². The van der Waals surface area contributed by atoms with Crippen LogP contribution in [0.1, 0.15) is 22.8 Å². The predicted molar refractivity (Wildman–Crippen MR) is 84.9 cm³/mol. The highest BCUT2D eigenvalue weighted by molar-refractivity contribution is 7.89. The molecule has 2 rings (SSSR count). The number of carbonyl (C=O) groups excluding carboxylic acids is 1. The minimum Gasteiger partial charge on any atom is -0.295 e. The van der Waals surface area contributed by atoms with Crippen molar-refractivity contribution < 1.29 is 17.6 Å². The van der Waals surface area contributed by atoms with Crippen molar-refractivity contribution in [1.82, 2.24) is 4.72 Å². The number of sulfonamides is 1. The Morgan fingerprint density at radius 3 is 2.61 bits per heavy atom. The van der Waals surface area contributed by atoms with E-state index >= 15 is 0 Å². The topological polar surface area (TPSA) is 63.2 Å². The van der Waals surface area contributed by atoms with Gasteiger partial charge in [-0.3, -0.25) is 4.79 Å². The van der Waals surface area contributed by atoms with Crippen LogP contribution in [-0.2, 0) is 10.0 Å². The summed E-state index contributed by atoms with van der Waals surface area (Å²) < 4.78 is 39.9. The van der Waals surface area contributed by atoms with Crippen molar-refractivity contribution in [3.8, 4) is 11.8 Å². The molecule has 0 saturated heterocycles. The third-order valence-electron chi connectivity index (χ3n) is 3.00. The summed E-state index contributed by atoms with van der Waals surface area (Å²) in [6.07, 6.45) is 0. The number of halogens is 1. The maximum absolute atomic E-state index is 13.4. The fourth-order valence-electron chi connectivity index (χ4n) is 1.80. The average molecular weight is 331 g/mol. The highest BCUT2D eigenvalue weighted by atomic mass is 32.2. The maximum Gasteiger partial charge on any atom is 0.241 e. The molecular weight excluding hydrogens is 317 g/mol. The summed E-state index contributed by atoms with van der Waals surface area (Å²) in [7, 11) is -3.78. The molecule has 0 atom stereocenters. The zero-order valence-electron chi connectivity index (χ0n) is 12.3. The lowest BCUT2D eigenvalue weighted by atomic mass is 10.2. The van der Waals surface area contributed by atoms with Crippen LogP contribution in [-0.4, -0.2) is 20.7 Å². The fourth-order valence-corrected chi connectivity index (χ4v) is 2.77. The van der Waals surface area contributed by atoms with Crippen LogP contribution in [0, 0.1) is 17.7 Å². The van der Waals surface area contributed by atoms with Crippen molar-refractivity contribution in [2.24, 2.45) is 0 Å². The Hall–Kier alpha value is -2.49. The van der Waals surface area contributed by atoms with Gasteiger partial charge >= 0.3 is 0 Å². The molecule has 6 heteroatoms. The molecular formula is C17H14FNO3S. The molecule has 2 aromatic carbocycles. The van der Waals surface area contributed by atoms with E-state index in [2.05, 4.69) is 16.6 Å². The molecule has 0 spiro atoms. The fraction of sp³-hybridized carbons (Fsp3) is 0.118. The third-order valence-corrected chi connectivity index (χ3v) is 4.40. The summed E-state index contributed by atoms with van der Waals surface area (Å²) >= 11 is 0. The first-order chi connectivity index (χ1) is 10.9. The molecule has 0 unspecified atom stereocenters. The SMILES string of the molecule is CC(=O)c1cccc(S(=O)(=O)NCC#Cc2ccccc2F)c1. The molecule has 0 radical (unpaired) electrons. The van der Waals surface area contributed by atoms with Gasteiger partial charge in [0.05, 0.1) is 17.0 Å². The highest BCUT2D eigenvalue weighted by Crippen LogP contribution is 2.11. The molecule has 0 saturated carbocycles. The van der Waals surface area contributed by atoms with E-state index in [4.69, 9.17) is 0 Å². The van der Waals surface area contributed by atoms with Gasteiger partial charge in [0.1, 0.15) is 5.82 Å². The van der Waals surface area contributed by atoms with E-state index in [0.717, 1.165) is 0 Å². The number of ketones is 1. The van der Waals surface area contributed by atoms with Gasteiger partial charge in [0.15, 0.2) is 5.78 Å². The van der Waals surface area contributed by atoms with E-state index < -0.39 is 15.8 Å². The van der Waals surface area contributed by atoms with Gasteiger partial charge in [-0.15, -0.1) is 0 Å². The minimum absolute atomic E-state index is 0.0158. The maximum atomic E-state index is 13.4. The lowest BCUT2D eigenvalue weighted by molar-refractivity contribution is 0.101. The van der Waals surface area contributed by atoms with Gasteiger partial charge in [0, 0.05) is 5.56 Å². The van der Waals surface area contributed by atoms with Crippen molar-refractivity contribution in [2.45, 2.75) is 11.8 Å². The Balaban J connectivity index is 2.10. The molecule has 0 aliphatic rings. The molecule has 0 amide bonds. The number of Topliss-reactive ketones (excluding diaryl/α,β-unsaturated/α-hetero) is 1. The predicted octanol–water partition coefficient (Wildman–Crippen LogP) is 2.36. The largest absolute Gasteiger partial charge is 0.295 e. The molecule has 2 aromatic rings. The van der Waals surface area contributed by atoms with Gasteiger partial charge in [-0.05, 0) is 31.2 Å². The first-order valence-corrected chi connectivity index (χ1v) is 8.22. The third kappa shape index (κ3) is 4.49. The summed E-state index contributed by atoms with van der Waals surface area (Å²) in [5.41, 5.74) is 0.510. The zero-order valence-corrected chi connectivity index (χ0v) is 13.2. The van der Waals surface area contributed by atoms with Crippen LogP contribution in [0.3, 0.4) is 0 Å².